The maximum absolute atomic E-state index is 10.8. The van der Waals surface area contributed by atoms with E-state index in [1.54, 1.807) is 6.92 Å². The summed E-state index contributed by atoms with van der Waals surface area (Å²) < 4.78 is 0. The molecule has 4 heteroatoms. The fourth-order valence-electron chi connectivity index (χ4n) is 1.85. The Kier molecular flexibility index (Phi) is 4.35. The predicted molar refractivity (Wildman–Crippen MR) is 55.4 cm³/mol. The average molecular weight is 200 g/mol. The van der Waals surface area contributed by atoms with E-state index in [1.807, 2.05) is 4.90 Å². The first-order valence-corrected chi connectivity index (χ1v) is 5.34. The normalized spacial score (nSPS) is 22.1. The van der Waals surface area contributed by atoms with Crippen molar-refractivity contribution < 1.29 is 9.90 Å². The first kappa shape index (κ1) is 11.5. The molecule has 0 saturated carbocycles. The number of rotatable bonds is 4. The van der Waals surface area contributed by atoms with Gasteiger partial charge in [-0.1, -0.05) is 6.92 Å². The number of carboxylic acid groups (broad SMARTS) is 1. The van der Waals surface area contributed by atoms with Crippen molar-refractivity contribution in [1.82, 2.24) is 9.80 Å². The van der Waals surface area contributed by atoms with Gasteiger partial charge in [-0.25, -0.2) is 0 Å². The van der Waals surface area contributed by atoms with Crippen LogP contribution in [0.2, 0.25) is 0 Å². The van der Waals surface area contributed by atoms with Crippen molar-refractivity contribution in [3.8, 4) is 0 Å². The molecular weight excluding hydrogens is 180 g/mol. The van der Waals surface area contributed by atoms with Crippen molar-refractivity contribution in [1.29, 1.82) is 0 Å². The second-order valence-electron chi connectivity index (χ2n) is 3.89. The Balaban J connectivity index is 2.31. The summed E-state index contributed by atoms with van der Waals surface area (Å²) in [6.45, 7) is 8.84. The second kappa shape index (κ2) is 5.32. The van der Waals surface area contributed by atoms with E-state index in [0.29, 0.717) is 0 Å². The highest BCUT2D eigenvalue weighted by Gasteiger charge is 2.24. The summed E-state index contributed by atoms with van der Waals surface area (Å²) in [7, 11) is 0. The quantitative estimate of drug-likeness (QED) is 0.717. The minimum Gasteiger partial charge on any atom is -0.480 e. The van der Waals surface area contributed by atoms with Gasteiger partial charge in [0, 0.05) is 26.2 Å². The lowest BCUT2D eigenvalue weighted by Crippen LogP contribution is -2.51. The summed E-state index contributed by atoms with van der Waals surface area (Å²) in [5.41, 5.74) is 0. The molecule has 0 radical (unpaired) electrons. The standard InChI is InChI=1S/C10H20N2O2/c1-3-4-11-5-7-12(8-6-11)9(2)10(13)14/h9H,3-8H2,1-2H3,(H,13,14). The fourth-order valence-corrected chi connectivity index (χ4v) is 1.85. The highest BCUT2D eigenvalue weighted by molar-refractivity contribution is 5.72. The van der Waals surface area contributed by atoms with Crippen LogP contribution in [-0.4, -0.2) is 59.6 Å². The summed E-state index contributed by atoms with van der Waals surface area (Å²) in [6.07, 6.45) is 1.18. The Hall–Kier alpha value is -0.610. The Labute approximate surface area is 85.5 Å². The Morgan fingerprint density at radius 2 is 1.93 bits per heavy atom. The summed E-state index contributed by atoms with van der Waals surface area (Å²) in [4.78, 5) is 15.2. The van der Waals surface area contributed by atoms with Crippen LogP contribution < -0.4 is 0 Å². The van der Waals surface area contributed by atoms with Gasteiger partial charge in [0.2, 0.25) is 0 Å². The number of hydrogen-bond donors (Lipinski definition) is 1. The number of hydrogen-bond acceptors (Lipinski definition) is 3. The zero-order valence-corrected chi connectivity index (χ0v) is 9.07. The van der Waals surface area contributed by atoms with Crippen LogP contribution in [0.1, 0.15) is 20.3 Å². The summed E-state index contributed by atoms with van der Waals surface area (Å²) in [6, 6.07) is -0.334. The van der Waals surface area contributed by atoms with E-state index in [9.17, 15) is 4.79 Å². The van der Waals surface area contributed by atoms with Gasteiger partial charge in [0.05, 0.1) is 0 Å². The van der Waals surface area contributed by atoms with Crippen LogP contribution in [-0.2, 0) is 4.79 Å². The van der Waals surface area contributed by atoms with E-state index >= 15 is 0 Å². The van der Waals surface area contributed by atoms with Gasteiger partial charge < -0.3 is 10.0 Å². The maximum atomic E-state index is 10.8. The topological polar surface area (TPSA) is 43.8 Å². The minimum atomic E-state index is -0.714. The smallest absolute Gasteiger partial charge is 0.320 e. The molecule has 0 aromatic rings. The third-order valence-electron chi connectivity index (χ3n) is 2.85. The van der Waals surface area contributed by atoms with Gasteiger partial charge in [-0.2, -0.15) is 0 Å². The number of nitrogens with zero attached hydrogens (tertiary/aromatic N) is 2. The summed E-state index contributed by atoms with van der Waals surface area (Å²) >= 11 is 0. The van der Waals surface area contributed by atoms with Crippen molar-refractivity contribution in [2.75, 3.05) is 32.7 Å². The van der Waals surface area contributed by atoms with Gasteiger partial charge in [0.1, 0.15) is 6.04 Å². The van der Waals surface area contributed by atoms with E-state index in [0.717, 1.165) is 32.7 Å². The van der Waals surface area contributed by atoms with E-state index in [1.165, 1.54) is 6.42 Å². The lowest BCUT2D eigenvalue weighted by molar-refractivity contribution is -0.143. The highest BCUT2D eigenvalue weighted by atomic mass is 16.4. The van der Waals surface area contributed by atoms with Crippen LogP contribution >= 0.6 is 0 Å². The molecule has 1 aliphatic heterocycles. The molecule has 1 unspecified atom stereocenters. The molecule has 1 atom stereocenters. The lowest BCUT2D eigenvalue weighted by Gasteiger charge is -2.36. The number of carbonyl (C=O) groups is 1. The second-order valence-corrected chi connectivity index (χ2v) is 3.89. The molecule has 0 bridgehead atoms. The van der Waals surface area contributed by atoms with Gasteiger partial charge >= 0.3 is 5.97 Å². The first-order valence-electron chi connectivity index (χ1n) is 5.34. The molecular formula is C10H20N2O2. The molecule has 0 aromatic carbocycles. The van der Waals surface area contributed by atoms with Gasteiger partial charge in [-0.3, -0.25) is 9.69 Å². The SMILES string of the molecule is CCCN1CCN(C(C)C(=O)O)CC1. The van der Waals surface area contributed by atoms with E-state index < -0.39 is 5.97 Å². The fraction of sp³-hybridized carbons (Fsp3) is 0.900. The third kappa shape index (κ3) is 2.96. The Morgan fingerprint density at radius 1 is 1.36 bits per heavy atom. The largest absolute Gasteiger partial charge is 0.480 e. The summed E-state index contributed by atoms with van der Waals surface area (Å²) in [5, 5.41) is 8.85. The molecule has 82 valence electrons. The van der Waals surface area contributed by atoms with Crippen LogP contribution in [0.15, 0.2) is 0 Å². The molecule has 14 heavy (non-hydrogen) atoms. The van der Waals surface area contributed by atoms with Crippen molar-refractivity contribution in [2.24, 2.45) is 0 Å². The molecule has 4 nitrogen and oxygen atoms in total. The molecule has 0 amide bonds. The van der Waals surface area contributed by atoms with Crippen LogP contribution in [0.4, 0.5) is 0 Å². The van der Waals surface area contributed by atoms with Crippen molar-refractivity contribution in [3.63, 3.8) is 0 Å². The van der Waals surface area contributed by atoms with E-state index in [4.69, 9.17) is 5.11 Å². The lowest BCUT2D eigenvalue weighted by atomic mass is 10.2. The minimum absolute atomic E-state index is 0.334. The monoisotopic (exact) mass is 200 g/mol. The van der Waals surface area contributed by atoms with Gasteiger partial charge in [-0.05, 0) is 19.9 Å². The molecule has 0 aliphatic carbocycles. The molecule has 1 rings (SSSR count). The van der Waals surface area contributed by atoms with E-state index in [2.05, 4.69) is 11.8 Å². The molecule has 1 fully saturated rings. The number of piperazine rings is 1. The molecule has 1 saturated heterocycles. The number of aliphatic carboxylic acids is 1. The zero-order valence-electron chi connectivity index (χ0n) is 9.07. The van der Waals surface area contributed by atoms with Crippen LogP contribution in [0.3, 0.4) is 0 Å². The zero-order chi connectivity index (χ0) is 10.6. The van der Waals surface area contributed by atoms with Crippen LogP contribution in [0.5, 0.6) is 0 Å². The predicted octanol–water partition coefficient (Wildman–Crippen LogP) is 0.487. The first-order chi connectivity index (χ1) is 6.65. The van der Waals surface area contributed by atoms with Gasteiger partial charge in [-0.15, -0.1) is 0 Å². The van der Waals surface area contributed by atoms with Crippen molar-refractivity contribution in [3.05, 3.63) is 0 Å². The van der Waals surface area contributed by atoms with Crippen LogP contribution in [0, 0.1) is 0 Å². The molecule has 0 aromatic heterocycles. The van der Waals surface area contributed by atoms with E-state index in [-0.39, 0.29) is 6.04 Å². The van der Waals surface area contributed by atoms with Crippen molar-refractivity contribution >= 4 is 5.97 Å². The number of carboxylic acids is 1. The molecule has 1 aliphatic rings. The third-order valence-corrected chi connectivity index (χ3v) is 2.85. The Bertz CT molecular complexity index is 189. The maximum Gasteiger partial charge on any atom is 0.320 e. The van der Waals surface area contributed by atoms with Gasteiger partial charge in [0.15, 0.2) is 0 Å². The molecule has 0 spiro atoms. The summed E-state index contributed by atoms with van der Waals surface area (Å²) in [5.74, 6) is -0.714. The average Bonchev–Trinajstić information content (AvgIpc) is 2.18. The van der Waals surface area contributed by atoms with Crippen LogP contribution in [0.25, 0.3) is 0 Å². The van der Waals surface area contributed by atoms with Gasteiger partial charge in [0.25, 0.3) is 0 Å². The Morgan fingerprint density at radius 3 is 2.36 bits per heavy atom. The molecule has 1 N–H and O–H groups in total. The highest BCUT2D eigenvalue weighted by Crippen LogP contribution is 2.06. The van der Waals surface area contributed by atoms with Crippen molar-refractivity contribution in [2.45, 2.75) is 26.3 Å². The molecule has 1 heterocycles.